The minimum absolute atomic E-state index is 0.0471. The van der Waals surface area contributed by atoms with Crippen molar-refractivity contribution in [1.82, 2.24) is 5.32 Å². The summed E-state index contributed by atoms with van der Waals surface area (Å²) >= 11 is 0. The lowest BCUT2D eigenvalue weighted by atomic mass is 10.1. The topological polar surface area (TPSA) is 82.7 Å². The number of carboxylic acids is 1. The summed E-state index contributed by atoms with van der Waals surface area (Å²) in [5.74, 6) is -1.11. The quantitative estimate of drug-likeness (QED) is 0.763. The molecule has 0 amide bonds. The van der Waals surface area contributed by atoms with Crippen LogP contribution in [0.3, 0.4) is 0 Å². The maximum Gasteiger partial charge on any atom is 0.371 e. The van der Waals surface area contributed by atoms with E-state index in [2.05, 4.69) is 5.32 Å². The molecule has 1 heterocycles. The van der Waals surface area contributed by atoms with E-state index < -0.39 is 5.97 Å². The average molecular weight is 261 g/mol. The van der Waals surface area contributed by atoms with Crippen LogP contribution in [0, 0.1) is 0 Å². The zero-order valence-electron chi connectivity index (χ0n) is 10.3. The number of aliphatic hydroxyl groups is 1. The van der Waals surface area contributed by atoms with Gasteiger partial charge in [0.2, 0.25) is 5.76 Å². The molecule has 100 valence electrons. The van der Waals surface area contributed by atoms with Crippen molar-refractivity contribution in [3.63, 3.8) is 0 Å². The molecule has 5 nitrogen and oxygen atoms in total. The van der Waals surface area contributed by atoms with Crippen molar-refractivity contribution in [2.45, 2.75) is 24.9 Å². The van der Waals surface area contributed by atoms with Gasteiger partial charge in [-0.05, 0) is 36.6 Å². The summed E-state index contributed by atoms with van der Waals surface area (Å²) in [6, 6.07) is 7.11. The van der Waals surface area contributed by atoms with E-state index in [1.165, 1.54) is 6.07 Å². The average Bonchev–Trinajstić information content (AvgIpc) is 3.06. The highest BCUT2D eigenvalue weighted by atomic mass is 16.4. The summed E-state index contributed by atoms with van der Waals surface area (Å²) in [5.41, 5.74) is 1.52. The van der Waals surface area contributed by atoms with Crippen LogP contribution < -0.4 is 5.32 Å². The van der Waals surface area contributed by atoms with E-state index in [1.54, 1.807) is 6.07 Å². The van der Waals surface area contributed by atoms with E-state index in [0.29, 0.717) is 12.1 Å². The number of rotatable bonds is 5. The Balaban J connectivity index is 1.79. The van der Waals surface area contributed by atoms with E-state index in [9.17, 15) is 9.90 Å². The van der Waals surface area contributed by atoms with Gasteiger partial charge >= 0.3 is 5.97 Å². The third-order valence-electron chi connectivity index (χ3n) is 3.62. The van der Waals surface area contributed by atoms with Crippen LogP contribution in [0.5, 0.6) is 0 Å². The highest BCUT2D eigenvalue weighted by molar-refractivity contribution is 5.91. The highest BCUT2D eigenvalue weighted by Crippen LogP contribution is 2.35. The zero-order valence-corrected chi connectivity index (χ0v) is 10.3. The molecule has 1 fully saturated rings. The van der Waals surface area contributed by atoms with Gasteiger partial charge in [0.05, 0.1) is 6.61 Å². The van der Waals surface area contributed by atoms with E-state index in [-0.39, 0.29) is 17.9 Å². The number of aromatic carboxylic acids is 1. The van der Waals surface area contributed by atoms with Crippen molar-refractivity contribution in [2.75, 3.05) is 6.61 Å². The first-order valence-corrected chi connectivity index (χ1v) is 6.24. The van der Waals surface area contributed by atoms with Crippen LogP contribution in [0.25, 0.3) is 11.0 Å². The molecule has 5 heteroatoms. The molecule has 0 spiro atoms. The van der Waals surface area contributed by atoms with Gasteiger partial charge in [0.15, 0.2) is 0 Å². The fourth-order valence-corrected chi connectivity index (χ4v) is 2.14. The number of fused-ring (bicyclic) bond motifs is 1. The molecular weight excluding hydrogens is 246 g/mol. The highest BCUT2D eigenvalue weighted by Gasteiger charge is 2.41. The number of carbonyl (C=O) groups is 1. The first-order valence-electron chi connectivity index (χ1n) is 6.24. The Bertz CT molecular complexity index is 627. The van der Waals surface area contributed by atoms with Gasteiger partial charge < -0.3 is 19.9 Å². The molecule has 1 saturated carbocycles. The number of hydrogen-bond acceptors (Lipinski definition) is 4. The van der Waals surface area contributed by atoms with E-state index in [1.807, 2.05) is 12.1 Å². The fraction of sp³-hybridized carbons (Fsp3) is 0.357. The molecule has 1 aliphatic rings. The van der Waals surface area contributed by atoms with Gasteiger partial charge in [0, 0.05) is 17.5 Å². The number of nitrogens with one attached hydrogen (secondary N) is 1. The number of aliphatic hydroxyl groups excluding tert-OH is 1. The van der Waals surface area contributed by atoms with Gasteiger partial charge in [-0.3, -0.25) is 0 Å². The fourth-order valence-electron chi connectivity index (χ4n) is 2.14. The monoisotopic (exact) mass is 261 g/mol. The summed E-state index contributed by atoms with van der Waals surface area (Å²) in [6.07, 6.45) is 2.00. The number of benzene rings is 1. The Kier molecular flexibility index (Phi) is 2.80. The Hall–Kier alpha value is -1.85. The Morgan fingerprint density at radius 2 is 2.16 bits per heavy atom. The SMILES string of the molecule is O=C(O)c1cc2cc(CNC3(CO)CC3)ccc2o1. The first kappa shape index (κ1) is 12.2. The number of carboxylic acid groups (broad SMARTS) is 1. The molecule has 0 radical (unpaired) electrons. The maximum atomic E-state index is 10.8. The molecule has 3 N–H and O–H groups in total. The summed E-state index contributed by atoms with van der Waals surface area (Å²) in [6.45, 7) is 0.814. The lowest BCUT2D eigenvalue weighted by Crippen LogP contribution is -2.34. The summed E-state index contributed by atoms with van der Waals surface area (Å²) in [5, 5.41) is 22.2. The second-order valence-corrected chi connectivity index (χ2v) is 5.08. The van der Waals surface area contributed by atoms with Crippen molar-refractivity contribution in [1.29, 1.82) is 0 Å². The molecule has 0 aliphatic heterocycles. The Labute approximate surface area is 109 Å². The Morgan fingerprint density at radius 3 is 2.79 bits per heavy atom. The van der Waals surface area contributed by atoms with Crippen molar-refractivity contribution in [2.24, 2.45) is 0 Å². The molecule has 3 rings (SSSR count). The molecule has 2 aromatic rings. The third kappa shape index (κ3) is 2.34. The van der Waals surface area contributed by atoms with Gasteiger partial charge in [-0.2, -0.15) is 0 Å². The molecular formula is C14H15NO4. The molecule has 0 bridgehead atoms. The molecule has 1 aromatic carbocycles. The van der Waals surface area contributed by atoms with Gasteiger partial charge in [-0.25, -0.2) is 4.79 Å². The minimum atomic E-state index is -1.06. The third-order valence-corrected chi connectivity index (χ3v) is 3.62. The van der Waals surface area contributed by atoms with Crippen LogP contribution >= 0.6 is 0 Å². The van der Waals surface area contributed by atoms with Crippen molar-refractivity contribution in [3.8, 4) is 0 Å². The maximum absolute atomic E-state index is 10.8. The van der Waals surface area contributed by atoms with Gasteiger partial charge in [-0.15, -0.1) is 0 Å². The molecule has 0 unspecified atom stereocenters. The molecule has 1 aromatic heterocycles. The summed E-state index contributed by atoms with van der Waals surface area (Å²) in [7, 11) is 0. The predicted molar refractivity (Wildman–Crippen MR) is 69.1 cm³/mol. The van der Waals surface area contributed by atoms with Gasteiger partial charge in [0.1, 0.15) is 5.58 Å². The Morgan fingerprint density at radius 1 is 1.37 bits per heavy atom. The van der Waals surface area contributed by atoms with Crippen molar-refractivity contribution in [3.05, 3.63) is 35.6 Å². The van der Waals surface area contributed by atoms with Gasteiger partial charge in [0.25, 0.3) is 0 Å². The zero-order chi connectivity index (χ0) is 13.5. The first-order chi connectivity index (χ1) is 9.12. The van der Waals surface area contributed by atoms with E-state index in [0.717, 1.165) is 23.8 Å². The van der Waals surface area contributed by atoms with Crippen molar-refractivity contribution >= 4 is 16.9 Å². The van der Waals surface area contributed by atoms with Crippen LogP contribution in [-0.2, 0) is 6.54 Å². The lowest BCUT2D eigenvalue weighted by Gasteiger charge is -2.13. The number of furan rings is 1. The second-order valence-electron chi connectivity index (χ2n) is 5.08. The van der Waals surface area contributed by atoms with Crippen LogP contribution in [0.15, 0.2) is 28.7 Å². The minimum Gasteiger partial charge on any atom is -0.475 e. The van der Waals surface area contributed by atoms with Crippen LogP contribution in [0.2, 0.25) is 0 Å². The normalized spacial score (nSPS) is 16.7. The molecule has 1 aliphatic carbocycles. The van der Waals surface area contributed by atoms with Gasteiger partial charge in [-0.1, -0.05) is 6.07 Å². The summed E-state index contributed by atoms with van der Waals surface area (Å²) < 4.78 is 5.20. The van der Waals surface area contributed by atoms with E-state index in [4.69, 9.17) is 9.52 Å². The smallest absolute Gasteiger partial charge is 0.371 e. The van der Waals surface area contributed by atoms with Crippen LogP contribution in [0.1, 0.15) is 29.0 Å². The number of hydrogen-bond donors (Lipinski definition) is 3. The molecule has 19 heavy (non-hydrogen) atoms. The molecule has 0 saturated heterocycles. The standard InChI is InChI=1S/C14H15NO4/c16-8-14(3-4-14)15-7-9-1-2-11-10(5-9)6-12(19-11)13(17)18/h1-2,5-6,15-16H,3-4,7-8H2,(H,17,18). The van der Waals surface area contributed by atoms with Crippen LogP contribution in [-0.4, -0.2) is 28.3 Å². The summed E-state index contributed by atoms with van der Waals surface area (Å²) in [4.78, 5) is 10.8. The predicted octanol–water partition coefficient (Wildman–Crippen LogP) is 1.75. The van der Waals surface area contributed by atoms with E-state index >= 15 is 0 Å². The van der Waals surface area contributed by atoms with Crippen LogP contribution in [0.4, 0.5) is 0 Å². The molecule has 0 atom stereocenters. The largest absolute Gasteiger partial charge is 0.475 e. The lowest BCUT2D eigenvalue weighted by molar-refractivity contribution is 0.0665. The van der Waals surface area contributed by atoms with Crippen molar-refractivity contribution < 1.29 is 19.4 Å². The second kappa shape index (κ2) is 4.36.